The summed E-state index contributed by atoms with van der Waals surface area (Å²) in [6, 6.07) is 29.1. The summed E-state index contributed by atoms with van der Waals surface area (Å²) in [5.74, 6) is 1.76. The SMILES string of the molecule is C=C(C)C(=O)Oc1cccc2c3nc4nc(nc5[nH]c(nc6nc(nc([nH]3)c12)-c1ccccc1-6)c1ccccc51)-c1ccccc1-4. The van der Waals surface area contributed by atoms with E-state index in [2.05, 4.69) is 16.5 Å². The summed E-state index contributed by atoms with van der Waals surface area (Å²) >= 11 is 0. The number of carbonyl (C=O) groups excluding carboxylic acids is 1. The zero-order chi connectivity index (χ0) is 30.9. The van der Waals surface area contributed by atoms with Crippen LogP contribution in [0.5, 0.6) is 5.75 Å². The topological polar surface area (TPSA) is 135 Å². The Labute approximate surface area is 260 Å². The molecule has 0 atom stereocenters. The molecule has 0 fully saturated rings. The van der Waals surface area contributed by atoms with E-state index in [0.717, 1.165) is 33.0 Å². The lowest BCUT2D eigenvalue weighted by molar-refractivity contribution is -0.129. The minimum Gasteiger partial charge on any atom is -0.422 e. The Morgan fingerprint density at radius 2 is 0.957 bits per heavy atom. The second-order valence-corrected chi connectivity index (χ2v) is 11.1. The predicted molar refractivity (Wildman–Crippen MR) is 177 cm³/mol. The van der Waals surface area contributed by atoms with Crippen molar-refractivity contribution in [1.29, 1.82) is 0 Å². The van der Waals surface area contributed by atoms with Crippen molar-refractivity contribution in [3.05, 3.63) is 103 Å². The Morgan fingerprint density at radius 3 is 1.46 bits per heavy atom. The largest absolute Gasteiger partial charge is 0.422 e. The first kappa shape index (κ1) is 25.9. The maximum Gasteiger partial charge on any atom is 0.338 e. The van der Waals surface area contributed by atoms with E-state index in [9.17, 15) is 4.79 Å². The smallest absolute Gasteiger partial charge is 0.338 e. The average Bonchev–Trinajstić information content (AvgIpc) is 3.81. The van der Waals surface area contributed by atoms with Gasteiger partial charge in [0.1, 0.15) is 28.3 Å². The van der Waals surface area contributed by atoms with Crippen molar-refractivity contribution < 1.29 is 9.53 Å². The van der Waals surface area contributed by atoms with Crippen LogP contribution in [0.15, 0.2) is 103 Å². The number of nitrogens with one attached hydrogen (secondary N) is 2. The summed E-state index contributed by atoms with van der Waals surface area (Å²) in [4.78, 5) is 49.3. The standard InChI is InChI=1S/C36H22N8O2/c1-18(2)36(45)46-26-17-9-16-25-27(26)35-43-33-24-15-8-7-14-23(24)31(41-33)39-29-20-11-4-3-10-19(20)28(37-29)38-30-21-12-5-6-13-22(21)32(40-30)42-34(25)44-35/h3-17H,1H2,2H3,(H2,37,38,39,40,41,42,43,44). The minimum atomic E-state index is -0.540. The van der Waals surface area contributed by atoms with E-state index in [1.807, 2.05) is 78.9 Å². The van der Waals surface area contributed by atoms with Crippen LogP contribution < -0.4 is 4.74 Å². The first-order valence-corrected chi connectivity index (χ1v) is 14.6. The van der Waals surface area contributed by atoms with Crippen molar-refractivity contribution in [2.45, 2.75) is 6.92 Å². The average molecular weight is 599 g/mol. The van der Waals surface area contributed by atoms with Gasteiger partial charge in [0.05, 0.1) is 5.39 Å². The third kappa shape index (κ3) is 3.93. The molecule has 9 rings (SSSR count). The molecule has 46 heavy (non-hydrogen) atoms. The van der Waals surface area contributed by atoms with Crippen molar-refractivity contribution in [3.63, 3.8) is 0 Å². The number of hydrogen-bond acceptors (Lipinski definition) is 8. The number of benzene rings is 4. The number of rotatable bonds is 2. The fraction of sp³-hybridized carbons (Fsp3) is 0.0278. The van der Waals surface area contributed by atoms with Gasteiger partial charge in [-0.1, -0.05) is 91.5 Å². The molecule has 0 aliphatic carbocycles. The molecule has 2 aliphatic rings. The number of fused-ring (bicyclic) bond motifs is 20. The highest BCUT2D eigenvalue weighted by atomic mass is 16.5. The molecule has 0 saturated heterocycles. The maximum atomic E-state index is 12.7. The Hall–Kier alpha value is -6.55. The minimum absolute atomic E-state index is 0.278. The normalized spacial score (nSPS) is 11.8. The number of hydrogen-bond donors (Lipinski definition) is 2. The van der Waals surface area contributed by atoms with E-state index in [1.54, 1.807) is 19.1 Å². The molecular formula is C36H22N8O2. The molecule has 2 N–H and O–H groups in total. The molecule has 0 saturated carbocycles. The van der Waals surface area contributed by atoms with Gasteiger partial charge in [-0.3, -0.25) is 0 Å². The van der Waals surface area contributed by atoms with Crippen molar-refractivity contribution in [2.24, 2.45) is 0 Å². The molecule has 4 aromatic carbocycles. The Bertz CT molecular complexity index is 2630. The molecule has 3 aromatic heterocycles. The van der Waals surface area contributed by atoms with E-state index in [-0.39, 0.29) is 5.57 Å². The summed E-state index contributed by atoms with van der Waals surface area (Å²) in [5, 5.41) is 3.08. The summed E-state index contributed by atoms with van der Waals surface area (Å²) in [6.07, 6.45) is 0. The van der Waals surface area contributed by atoms with Gasteiger partial charge in [-0.15, -0.1) is 0 Å². The van der Waals surface area contributed by atoms with Crippen molar-refractivity contribution in [2.75, 3.05) is 0 Å². The molecular weight excluding hydrogens is 576 g/mol. The third-order valence-electron chi connectivity index (χ3n) is 8.09. The van der Waals surface area contributed by atoms with Crippen LogP contribution in [0, 0.1) is 0 Å². The molecule has 0 radical (unpaired) electrons. The number of nitrogens with zero attached hydrogens (tertiary/aromatic N) is 6. The molecule has 8 bridgehead atoms. The lowest BCUT2D eigenvalue weighted by Gasteiger charge is -2.05. The van der Waals surface area contributed by atoms with Crippen LogP contribution in [0.1, 0.15) is 6.92 Å². The Balaban J connectivity index is 1.47. The zero-order valence-electron chi connectivity index (χ0n) is 24.4. The van der Waals surface area contributed by atoms with Gasteiger partial charge in [0, 0.05) is 44.0 Å². The summed E-state index contributed by atoms with van der Waals surface area (Å²) in [6.45, 7) is 5.35. The fourth-order valence-electron chi connectivity index (χ4n) is 5.93. The van der Waals surface area contributed by atoms with Gasteiger partial charge >= 0.3 is 5.97 Å². The molecule has 0 spiro atoms. The molecule has 7 aromatic rings. The molecule has 0 amide bonds. The van der Waals surface area contributed by atoms with Gasteiger partial charge in [0.25, 0.3) is 0 Å². The number of aromatic nitrogens is 8. The number of ether oxygens (including phenoxy) is 1. The number of H-pyrrole nitrogens is 2. The van der Waals surface area contributed by atoms with Crippen molar-refractivity contribution in [1.82, 2.24) is 39.9 Å². The summed E-state index contributed by atoms with van der Waals surface area (Å²) < 4.78 is 5.78. The van der Waals surface area contributed by atoms with Crippen molar-refractivity contribution >= 4 is 50.1 Å². The lowest BCUT2D eigenvalue weighted by Crippen LogP contribution is -2.08. The summed E-state index contributed by atoms with van der Waals surface area (Å²) in [7, 11) is 0. The number of aromatic amines is 2. The van der Waals surface area contributed by atoms with Gasteiger partial charge < -0.3 is 14.7 Å². The molecule has 2 aliphatic heterocycles. The molecule has 0 unspecified atom stereocenters. The van der Waals surface area contributed by atoms with E-state index in [0.29, 0.717) is 62.4 Å². The van der Waals surface area contributed by atoms with Crippen LogP contribution in [0.2, 0.25) is 0 Å². The molecule has 10 nitrogen and oxygen atoms in total. The lowest BCUT2D eigenvalue weighted by atomic mass is 10.1. The Kier molecular flexibility index (Phi) is 5.48. The highest BCUT2D eigenvalue weighted by molar-refractivity contribution is 6.09. The highest BCUT2D eigenvalue weighted by Crippen LogP contribution is 2.38. The fourth-order valence-corrected chi connectivity index (χ4v) is 5.93. The third-order valence-corrected chi connectivity index (χ3v) is 8.09. The molecule has 218 valence electrons. The van der Waals surface area contributed by atoms with Crippen LogP contribution in [0.4, 0.5) is 0 Å². The van der Waals surface area contributed by atoms with Gasteiger partial charge in [0.15, 0.2) is 23.3 Å². The summed E-state index contributed by atoms with van der Waals surface area (Å²) in [5.41, 5.74) is 5.80. The van der Waals surface area contributed by atoms with E-state index in [4.69, 9.17) is 34.6 Å². The van der Waals surface area contributed by atoms with Gasteiger partial charge in [0.2, 0.25) is 0 Å². The first-order chi connectivity index (χ1) is 22.5. The van der Waals surface area contributed by atoms with Crippen molar-refractivity contribution in [3.8, 4) is 51.3 Å². The van der Waals surface area contributed by atoms with Crippen LogP contribution in [0.3, 0.4) is 0 Å². The zero-order valence-corrected chi connectivity index (χ0v) is 24.4. The van der Waals surface area contributed by atoms with Crippen LogP contribution in [0.25, 0.3) is 89.7 Å². The monoisotopic (exact) mass is 598 g/mol. The molecule has 5 heterocycles. The predicted octanol–water partition coefficient (Wildman–Crippen LogP) is 7.35. The number of esters is 1. The quantitative estimate of drug-likeness (QED) is 0.120. The van der Waals surface area contributed by atoms with E-state index < -0.39 is 5.97 Å². The second kappa shape index (κ2) is 9.73. The van der Waals surface area contributed by atoms with E-state index >= 15 is 0 Å². The molecule has 10 heteroatoms. The van der Waals surface area contributed by atoms with Crippen LogP contribution >= 0.6 is 0 Å². The van der Waals surface area contributed by atoms with E-state index in [1.165, 1.54) is 0 Å². The van der Waals surface area contributed by atoms with Gasteiger partial charge in [-0.05, 0) is 13.0 Å². The highest BCUT2D eigenvalue weighted by Gasteiger charge is 2.23. The van der Waals surface area contributed by atoms with Crippen LogP contribution in [-0.2, 0) is 4.79 Å². The second-order valence-electron chi connectivity index (χ2n) is 11.1. The first-order valence-electron chi connectivity index (χ1n) is 14.6. The Morgan fingerprint density at radius 1 is 0.543 bits per heavy atom. The van der Waals surface area contributed by atoms with Gasteiger partial charge in [-0.2, -0.15) is 0 Å². The van der Waals surface area contributed by atoms with Gasteiger partial charge in [-0.25, -0.2) is 34.7 Å². The number of carbonyl (C=O) groups is 1. The maximum absolute atomic E-state index is 12.7. The van der Waals surface area contributed by atoms with Crippen LogP contribution in [-0.4, -0.2) is 45.8 Å².